The molecule has 29 heavy (non-hydrogen) atoms. The number of benzene rings is 2. The fraction of sp³-hybridized carbons (Fsp3) is 0.150. The first-order valence-electron chi connectivity index (χ1n) is 8.40. The van der Waals surface area contributed by atoms with Crippen LogP contribution in [0, 0.1) is 5.82 Å². The summed E-state index contributed by atoms with van der Waals surface area (Å²) in [5.74, 6) is -0.0796. The Morgan fingerprint density at radius 2 is 2.03 bits per heavy atom. The lowest BCUT2D eigenvalue weighted by molar-refractivity contribution is -0.117. The summed E-state index contributed by atoms with van der Waals surface area (Å²) in [5.41, 5.74) is 1.50. The van der Waals surface area contributed by atoms with Crippen molar-refractivity contribution in [3.8, 4) is 11.5 Å². The summed E-state index contributed by atoms with van der Waals surface area (Å²) in [5, 5.41) is 2.75. The van der Waals surface area contributed by atoms with Crippen molar-refractivity contribution in [2.75, 3.05) is 7.11 Å². The summed E-state index contributed by atoms with van der Waals surface area (Å²) in [6, 6.07) is 9.53. The normalized spacial score (nSPS) is 14.7. The molecule has 0 fully saturated rings. The topological polar surface area (TPSA) is 77.0 Å². The van der Waals surface area contributed by atoms with E-state index < -0.39 is 5.91 Å². The number of thioether (sulfide) groups is 1. The SMILES string of the molecule is COc1cc(/C=C2/SC(NC(C)=O)=NC2=O)cc(Br)c1OCc1ccc(F)cc1. The molecule has 1 aliphatic heterocycles. The van der Waals surface area contributed by atoms with Crippen molar-refractivity contribution in [1.29, 1.82) is 0 Å². The number of amidine groups is 1. The molecule has 0 spiro atoms. The van der Waals surface area contributed by atoms with Crippen LogP contribution in [-0.4, -0.2) is 24.1 Å². The average Bonchev–Trinajstić information content (AvgIpc) is 2.99. The Morgan fingerprint density at radius 3 is 2.69 bits per heavy atom. The number of carbonyl (C=O) groups excluding carboxylic acids is 2. The van der Waals surface area contributed by atoms with Crippen LogP contribution >= 0.6 is 27.7 Å². The predicted octanol–water partition coefficient (Wildman–Crippen LogP) is 4.28. The second-order valence-corrected chi connectivity index (χ2v) is 7.85. The Kier molecular flexibility index (Phi) is 6.71. The van der Waals surface area contributed by atoms with Crippen molar-refractivity contribution in [2.45, 2.75) is 13.5 Å². The predicted molar refractivity (Wildman–Crippen MR) is 113 cm³/mol. The fourth-order valence-corrected chi connectivity index (χ4v) is 3.90. The van der Waals surface area contributed by atoms with E-state index in [1.165, 1.54) is 26.2 Å². The summed E-state index contributed by atoms with van der Waals surface area (Å²) >= 11 is 4.55. The summed E-state index contributed by atoms with van der Waals surface area (Å²) in [4.78, 5) is 27.3. The summed E-state index contributed by atoms with van der Waals surface area (Å²) in [7, 11) is 1.51. The van der Waals surface area contributed by atoms with Gasteiger partial charge in [0, 0.05) is 6.92 Å². The molecule has 150 valence electrons. The monoisotopic (exact) mass is 478 g/mol. The fourth-order valence-electron chi connectivity index (χ4n) is 2.46. The van der Waals surface area contributed by atoms with Gasteiger partial charge in [-0.1, -0.05) is 12.1 Å². The molecule has 0 aromatic heterocycles. The lowest BCUT2D eigenvalue weighted by Gasteiger charge is -2.14. The van der Waals surface area contributed by atoms with Crippen LogP contribution in [-0.2, 0) is 16.2 Å². The van der Waals surface area contributed by atoms with E-state index in [1.807, 2.05) is 0 Å². The Bertz CT molecular complexity index is 1020. The maximum Gasteiger partial charge on any atom is 0.286 e. The zero-order valence-electron chi connectivity index (χ0n) is 15.5. The Labute approximate surface area is 179 Å². The molecule has 9 heteroatoms. The minimum Gasteiger partial charge on any atom is -0.493 e. The molecule has 0 saturated heterocycles. The molecule has 0 unspecified atom stereocenters. The first kappa shape index (κ1) is 21.1. The second-order valence-electron chi connectivity index (χ2n) is 5.96. The smallest absolute Gasteiger partial charge is 0.286 e. The van der Waals surface area contributed by atoms with Crippen LogP contribution in [0.3, 0.4) is 0 Å². The molecular weight excluding hydrogens is 463 g/mol. The van der Waals surface area contributed by atoms with Gasteiger partial charge in [0.15, 0.2) is 16.7 Å². The van der Waals surface area contributed by atoms with Crippen molar-refractivity contribution in [1.82, 2.24) is 5.32 Å². The highest BCUT2D eigenvalue weighted by atomic mass is 79.9. The van der Waals surface area contributed by atoms with Gasteiger partial charge in [-0.05, 0) is 69.2 Å². The van der Waals surface area contributed by atoms with Crippen molar-refractivity contribution in [3.63, 3.8) is 0 Å². The van der Waals surface area contributed by atoms with E-state index in [0.29, 0.717) is 26.4 Å². The number of hydrogen-bond acceptors (Lipinski definition) is 5. The van der Waals surface area contributed by atoms with Gasteiger partial charge in [-0.25, -0.2) is 4.39 Å². The Morgan fingerprint density at radius 1 is 1.31 bits per heavy atom. The number of nitrogens with one attached hydrogen (secondary N) is 1. The molecule has 2 aromatic carbocycles. The van der Waals surface area contributed by atoms with Crippen molar-refractivity contribution >= 4 is 50.7 Å². The van der Waals surface area contributed by atoms with Gasteiger partial charge in [0.1, 0.15) is 12.4 Å². The van der Waals surface area contributed by atoms with Gasteiger partial charge in [-0.3, -0.25) is 9.59 Å². The van der Waals surface area contributed by atoms with Gasteiger partial charge in [-0.2, -0.15) is 4.99 Å². The van der Waals surface area contributed by atoms with Gasteiger partial charge in [-0.15, -0.1) is 0 Å². The largest absolute Gasteiger partial charge is 0.493 e. The van der Waals surface area contributed by atoms with Crippen LogP contribution in [0.5, 0.6) is 11.5 Å². The zero-order chi connectivity index (χ0) is 21.0. The summed E-state index contributed by atoms with van der Waals surface area (Å²) in [6.45, 7) is 1.58. The van der Waals surface area contributed by atoms with Crippen LogP contribution in [0.2, 0.25) is 0 Å². The number of ether oxygens (including phenoxy) is 2. The third-order valence-electron chi connectivity index (χ3n) is 3.75. The van der Waals surface area contributed by atoms with E-state index in [0.717, 1.165) is 17.3 Å². The maximum atomic E-state index is 13.0. The number of hydrogen-bond donors (Lipinski definition) is 1. The number of amides is 2. The van der Waals surface area contributed by atoms with Gasteiger partial charge >= 0.3 is 0 Å². The number of nitrogens with zero attached hydrogens (tertiary/aromatic N) is 1. The molecule has 2 amide bonds. The molecule has 1 N–H and O–H groups in total. The highest BCUT2D eigenvalue weighted by Crippen LogP contribution is 2.38. The molecule has 1 aliphatic rings. The maximum absolute atomic E-state index is 13.0. The number of carbonyl (C=O) groups is 2. The second kappa shape index (κ2) is 9.23. The number of methoxy groups -OCH3 is 1. The van der Waals surface area contributed by atoms with Gasteiger partial charge in [0.05, 0.1) is 16.5 Å². The number of halogens is 2. The van der Waals surface area contributed by atoms with Crippen LogP contribution in [0.4, 0.5) is 4.39 Å². The third kappa shape index (κ3) is 5.45. The molecular formula is C20H16BrFN2O4S. The quantitative estimate of drug-likeness (QED) is 0.648. The van der Waals surface area contributed by atoms with Crippen molar-refractivity contribution in [2.24, 2.45) is 4.99 Å². The lowest BCUT2D eigenvalue weighted by atomic mass is 10.2. The van der Waals surface area contributed by atoms with Gasteiger partial charge in [0.2, 0.25) is 5.91 Å². The van der Waals surface area contributed by atoms with E-state index in [1.54, 1.807) is 30.3 Å². The Balaban J connectivity index is 1.79. The zero-order valence-corrected chi connectivity index (χ0v) is 17.9. The minimum atomic E-state index is -0.425. The minimum absolute atomic E-state index is 0.234. The van der Waals surface area contributed by atoms with Gasteiger partial charge in [0.25, 0.3) is 5.91 Å². The van der Waals surface area contributed by atoms with Gasteiger partial charge < -0.3 is 14.8 Å². The highest BCUT2D eigenvalue weighted by molar-refractivity contribution is 9.10. The number of aliphatic imine (C=N–C) groups is 1. The molecule has 6 nitrogen and oxygen atoms in total. The van der Waals surface area contributed by atoms with E-state index >= 15 is 0 Å². The summed E-state index contributed by atoms with van der Waals surface area (Å²) in [6.07, 6.45) is 1.66. The number of rotatable bonds is 5. The average molecular weight is 479 g/mol. The van der Waals surface area contributed by atoms with Crippen LogP contribution in [0.15, 0.2) is 50.8 Å². The van der Waals surface area contributed by atoms with Crippen molar-refractivity contribution < 1.29 is 23.5 Å². The van der Waals surface area contributed by atoms with E-state index in [2.05, 4.69) is 26.2 Å². The Hall–Kier alpha value is -2.65. The highest BCUT2D eigenvalue weighted by Gasteiger charge is 2.23. The molecule has 0 bridgehead atoms. The standard InChI is InChI=1S/C20H16BrFN2O4S/c1-11(25)23-20-24-19(26)17(29-20)9-13-7-15(21)18(16(8-13)27-2)28-10-12-3-5-14(22)6-4-12/h3-9H,10H2,1-2H3,(H,23,24,25,26)/b17-9+. The van der Waals surface area contributed by atoms with E-state index in [-0.39, 0.29) is 23.5 Å². The molecule has 1 heterocycles. The van der Waals surface area contributed by atoms with E-state index in [9.17, 15) is 14.0 Å². The molecule has 0 saturated carbocycles. The molecule has 0 atom stereocenters. The van der Waals surface area contributed by atoms with E-state index in [4.69, 9.17) is 9.47 Å². The lowest BCUT2D eigenvalue weighted by Crippen LogP contribution is -2.23. The first-order chi connectivity index (χ1) is 13.9. The van der Waals surface area contributed by atoms with Crippen LogP contribution in [0.25, 0.3) is 6.08 Å². The third-order valence-corrected chi connectivity index (χ3v) is 5.24. The van der Waals surface area contributed by atoms with Crippen LogP contribution in [0.1, 0.15) is 18.1 Å². The molecule has 3 rings (SSSR count). The summed E-state index contributed by atoms with van der Waals surface area (Å²) < 4.78 is 24.9. The molecule has 2 aromatic rings. The first-order valence-corrected chi connectivity index (χ1v) is 10.0. The molecule has 0 aliphatic carbocycles. The molecule has 0 radical (unpaired) electrons. The van der Waals surface area contributed by atoms with Crippen molar-refractivity contribution in [3.05, 3.63) is 62.7 Å². The van der Waals surface area contributed by atoms with Crippen LogP contribution < -0.4 is 14.8 Å².